The first-order valence-electron chi connectivity index (χ1n) is 6.47. The fourth-order valence-corrected chi connectivity index (χ4v) is 2.39. The lowest BCUT2D eigenvalue weighted by Gasteiger charge is -2.38. The minimum absolute atomic E-state index is 0.195. The first kappa shape index (κ1) is 11.7. The third-order valence-corrected chi connectivity index (χ3v) is 3.46. The summed E-state index contributed by atoms with van der Waals surface area (Å²) >= 11 is 0. The summed E-state index contributed by atoms with van der Waals surface area (Å²) < 4.78 is 5.36. The predicted octanol–water partition coefficient (Wildman–Crippen LogP) is 0.408. The van der Waals surface area contributed by atoms with Crippen molar-refractivity contribution in [3.05, 3.63) is 17.7 Å². The smallest absolute Gasteiger partial charge is 0.131 e. The predicted molar refractivity (Wildman–Crippen MR) is 70.2 cm³/mol. The number of aryl methyl sites for hydroxylation is 1. The fourth-order valence-electron chi connectivity index (χ4n) is 2.39. The summed E-state index contributed by atoms with van der Waals surface area (Å²) in [5.41, 5.74) is 1.21. The van der Waals surface area contributed by atoms with E-state index < -0.39 is 0 Å². The highest BCUT2D eigenvalue weighted by Gasteiger charge is 2.26. The SMILES string of the molecule is Cc1cc(N2CCOCC2)nc(N2CC(O)C2)c1. The van der Waals surface area contributed by atoms with Gasteiger partial charge in [0.1, 0.15) is 11.6 Å². The molecule has 2 fully saturated rings. The molecule has 0 atom stereocenters. The van der Waals surface area contributed by atoms with Crippen LogP contribution in [0.2, 0.25) is 0 Å². The summed E-state index contributed by atoms with van der Waals surface area (Å²) in [5, 5.41) is 9.37. The maximum Gasteiger partial charge on any atom is 0.131 e. The van der Waals surface area contributed by atoms with E-state index in [4.69, 9.17) is 9.72 Å². The van der Waals surface area contributed by atoms with Gasteiger partial charge in [-0.05, 0) is 24.6 Å². The first-order chi connectivity index (χ1) is 8.72. The van der Waals surface area contributed by atoms with Crippen molar-refractivity contribution >= 4 is 11.6 Å². The highest BCUT2D eigenvalue weighted by Crippen LogP contribution is 2.24. The van der Waals surface area contributed by atoms with Crippen LogP contribution < -0.4 is 9.80 Å². The van der Waals surface area contributed by atoms with Crippen molar-refractivity contribution in [2.45, 2.75) is 13.0 Å². The van der Waals surface area contributed by atoms with Gasteiger partial charge in [-0.25, -0.2) is 4.98 Å². The van der Waals surface area contributed by atoms with Gasteiger partial charge in [0, 0.05) is 26.2 Å². The molecule has 1 N–H and O–H groups in total. The molecule has 0 unspecified atom stereocenters. The maximum atomic E-state index is 9.37. The lowest BCUT2D eigenvalue weighted by molar-refractivity contribution is 0.122. The Morgan fingerprint density at radius 1 is 1.17 bits per heavy atom. The molecule has 2 aliphatic rings. The van der Waals surface area contributed by atoms with Crippen molar-refractivity contribution in [1.82, 2.24) is 4.98 Å². The number of nitrogens with zero attached hydrogens (tertiary/aromatic N) is 3. The minimum atomic E-state index is -0.195. The average molecular weight is 249 g/mol. The Morgan fingerprint density at radius 3 is 2.39 bits per heavy atom. The van der Waals surface area contributed by atoms with Crippen molar-refractivity contribution in [2.75, 3.05) is 49.2 Å². The molecule has 3 rings (SSSR count). The molecular formula is C13H19N3O2. The third kappa shape index (κ3) is 2.28. The molecule has 0 amide bonds. The molecule has 0 spiro atoms. The summed E-state index contributed by atoms with van der Waals surface area (Å²) in [5.74, 6) is 2.00. The molecule has 0 aromatic carbocycles. The Kier molecular flexibility index (Phi) is 3.09. The van der Waals surface area contributed by atoms with E-state index in [9.17, 15) is 5.11 Å². The molecule has 1 aromatic rings. The lowest BCUT2D eigenvalue weighted by Crippen LogP contribution is -2.51. The minimum Gasteiger partial charge on any atom is -0.389 e. The highest BCUT2D eigenvalue weighted by molar-refractivity contribution is 5.53. The van der Waals surface area contributed by atoms with Gasteiger partial charge in [-0.15, -0.1) is 0 Å². The van der Waals surface area contributed by atoms with Crippen LogP contribution in [0.4, 0.5) is 11.6 Å². The quantitative estimate of drug-likeness (QED) is 0.822. The van der Waals surface area contributed by atoms with Gasteiger partial charge in [-0.2, -0.15) is 0 Å². The zero-order valence-corrected chi connectivity index (χ0v) is 10.7. The van der Waals surface area contributed by atoms with Gasteiger partial charge in [-0.3, -0.25) is 0 Å². The topological polar surface area (TPSA) is 48.8 Å². The van der Waals surface area contributed by atoms with E-state index in [1.165, 1.54) is 5.56 Å². The number of hydrogen-bond acceptors (Lipinski definition) is 5. The number of β-amino-alcohol motifs (C(OH)–C–C–N with tert-alkyl or cyclic N) is 1. The second-order valence-electron chi connectivity index (χ2n) is 5.02. The Labute approximate surface area is 107 Å². The Bertz CT molecular complexity index is 426. The van der Waals surface area contributed by atoms with Crippen LogP contribution in [0, 0.1) is 6.92 Å². The van der Waals surface area contributed by atoms with E-state index in [2.05, 4.69) is 28.9 Å². The van der Waals surface area contributed by atoms with Gasteiger partial charge in [0.2, 0.25) is 0 Å². The van der Waals surface area contributed by atoms with Gasteiger partial charge >= 0.3 is 0 Å². The maximum absolute atomic E-state index is 9.37. The van der Waals surface area contributed by atoms with Crippen LogP contribution in [0.1, 0.15) is 5.56 Å². The van der Waals surface area contributed by atoms with Crippen molar-refractivity contribution < 1.29 is 9.84 Å². The van der Waals surface area contributed by atoms with E-state index in [1.54, 1.807) is 0 Å². The van der Waals surface area contributed by atoms with Crippen LogP contribution in [-0.4, -0.2) is 55.6 Å². The largest absolute Gasteiger partial charge is 0.389 e. The zero-order valence-electron chi connectivity index (χ0n) is 10.7. The number of aliphatic hydroxyl groups is 1. The molecule has 5 nitrogen and oxygen atoms in total. The number of ether oxygens (including phenoxy) is 1. The molecule has 0 saturated carbocycles. The summed E-state index contributed by atoms with van der Waals surface area (Å²) in [6.07, 6.45) is -0.195. The van der Waals surface area contributed by atoms with Crippen LogP contribution in [0.25, 0.3) is 0 Å². The van der Waals surface area contributed by atoms with Gasteiger partial charge in [0.15, 0.2) is 0 Å². The Morgan fingerprint density at radius 2 is 1.78 bits per heavy atom. The number of morpholine rings is 1. The molecule has 2 aliphatic heterocycles. The van der Waals surface area contributed by atoms with Crippen molar-refractivity contribution in [2.24, 2.45) is 0 Å². The normalized spacial score (nSPS) is 21.0. The standard InChI is InChI=1S/C13H19N3O2/c1-10-6-12(15-2-4-18-5-3-15)14-13(7-10)16-8-11(17)9-16/h6-7,11,17H,2-5,8-9H2,1H3. The number of aliphatic hydroxyl groups excluding tert-OH is 1. The fraction of sp³-hybridized carbons (Fsp3) is 0.615. The van der Waals surface area contributed by atoms with Crippen LogP contribution in [0.3, 0.4) is 0 Å². The third-order valence-electron chi connectivity index (χ3n) is 3.46. The molecule has 5 heteroatoms. The molecule has 1 aromatic heterocycles. The molecule has 0 aliphatic carbocycles. The van der Waals surface area contributed by atoms with E-state index >= 15 is 0 Å². The number of hydrogen-bond donors (Lipinski definition) is 1. The first-order valence-corrected chi connectivity index (χ1v) is 6.47. The Hall–Kier alpha value is -1.33. The van der Waals surface area contributed by atoms with Crippen LogP contribution in [-0.2, 0) is 4.74 Å². The van der Waals surface area contributed by atoms with E-state index in [-0.39, 0.29) is 6.10 Å². The monoisotopic (exact) mass is 249 g/mol. The van der Waals surface area contributed by atoms with Crippen molar-refractivity contribution in [3.8, 4) is 0 Å². The molecule has 3 heterocycles. The van der Waals surface area contributed by atoms with Crippen LogP contribution >= 0.6 is 0 Å². The number of aromatic nitrogens is 1. The summed E-state index contributed by atoms with van der Waals surface area (Å²) in [6, 6.07) is 4.20. The molecule has 2 saturated heterocycles. The summed E-state index contributed by atoms with van der Waals surface area (Å²) in [6.45, 7) is 6.82. The van der Waals surface area contributed by atoms with Gasteiger partial charge < -0.3 is 19.6 Å². The lowest BCUT2D eigenvalue weighted by atomic mass is 10.1. The van der Waals surface area contributed by atoms with E-state index in [1.807, 2.05) is 0 Å². The van der Waals surface area contributed by atoms with Crippen molar-refractivity contribution in [3.63, 3.8) is 0 Å². The second kappa shape index (κ2) is 4.74. The molecule has 98 valence electrons. The van der Waals surface area contributed by atoms with Crippen LogP contribution in [0.15, 0.2) is 12.1 Å². The summed E-state index contributed by atoms with van der Waals surface area (Å²) in [4.78, 5) is 9.07. The molecular weight excluding hydrogens is 230 g/mol. The number of rotatable bonds is 2. The van der Waals surface area contributed by atoms with E-state index in [0.29, 0.717) is 13.1 Å². The number of pyridine rings is 1. The molecule has 18 heavy (non-hydrogen) atoms. The molecule has 0 bridgehead atoms. The van der Waals surface area contributed by atoms with Gasteiger partial charge in [-0.1, -0.05) is 0 Å². The molecule has 0 radical (unpaired) electrons. The van der Waals surface area contributed by atoms with Gasteiger partial charge in [0.05, 0.1) is 19.3 Å². The Balaban J connectivity index is 1.81. The van der Waals surface area contributed by atoms with Crippen molar-refractivity contribution in [1.29, 1.82) is 0 Å². The summed E-state index contributed by atoms with van der Waals surface area (Å²) in [7, 11) is 0. The number of anilines is 2. The average Bonchev–Trinajstić information content (AvgIpc) is 2.35. The second-order valence-corrected chi connectivity index (χ2v) is 5.02. The highest BCUT2D eigenvalue weighted by atomic mass is 16.5. The zero-order chi connectivity index (χ0) is 12.5. The van der Waals surface area contributed by atoms with Crippen LogP contribution in [0.5, 0.6) is 0 Å². The van der Waals surface area contributed by atoms with E-state index in [0.717, 1.165) is 37.9 Å². The van der Waals surface area contributed by atoms with Gasteiger partial charge in [0.25, 0.3) is 0 Å².